The van der Waals surface area contributed by atoms with Crippen molar-refractivity contribution in [1.29, 1.82) is 0 Å². The van der Waals surface area contributed by atoms with E-state index in [9.17, 15) is 4.79 Å². The van der Waals surface area contributed by atoms with Gasteiger partial charge in [0, 0.05) is 6.04 Å². The molecule has 0 aliphatic carbocycles. The lowest BCUT2D eigenvalue weighted by atomic mass is 10.1. The van der Waals surface area contributed by atoms with Gasteiger partial charge in [-0.15, -0.1) is 0 Å². The van der Waals surface area contributed by atoms with Crippen LogP contribution in [0.2, 0.25) is 0 Å². The third kappa shape index (κ3) is 4.58. The third-order valence-corrected chi connectivity index (χ3v) is 2.34. The van der Waals surface area contributed by atoms with Gasteiger partial charge >= 0.3 is 5.97 Å². The minimum atomic E-state index is -0.134. The first-order valence-corrected chi connectivity index (χ1v) is 5.42. The van der Waals surface area contributed by atoms with Gasteiger partial charge in [0.25, 0.3) is 0 Å². The Morgan fingerprint density at radius 3 is 2.86 bits per heavy atom. The van der Waals surface area contributed by atoms with Crippen molar-refractivity contribution >= 4 is 5.97 Å². The van der Waals surface area contributed by atoms with E-state index >= 15 is 0 Å². The lowest BCUT2D eigenvalue weighted by Gasteiger charge is -2.23. The number of hydrogen-bond acceptors (Lipinski definition) is 4. The highest BCUT2D eigenvalue weighted by atomic mass is 16.5. The van der Waals surface area contributed by atoms with Crippen molar-refractivity contribution in [1.82, 2.24) is 10.6 Å². The molecule has 0 amide bonds. The molecule has 0 aromatic carbocycles. The maximum Gasteiger partial charge on any atom is 0.319 e. The zero-order valence-corrected chi connectivity index (χ0v) is 8.84. The van der Waals surface area contributed by atoms with Gasteiger partial charge in [-0.05, 0) is 32.4 Å². The van der Waals surface area contributed by atoms with Crippen molar-refractivity contribution in [3.05, 3.63) is 0 Å². The predicted octanol–water partition coefficient (Wildman–Crippen LogP) is 0.281. The Kier molecular flexibility index (Phi) is 5.56. The second-order valence-corrected chi connectivity index (χ2v) is 3.63. The summed E-state index contributed by atoms with van der Waals surface area (Å²) >= 11 is 0. The smallest absolute Gasteiger partial charge is 0.319 e. The third-order valence-electron chi connectivity index (χ3n) is 2.34. The molecule has 1 saturated heterocycles. The summed E-state index contributed by atoms with van der Waals surface area (Å²) < 4.78 is 4.97. The summed E-state index contributed by atoms with van der Waals surface area (Å²) in [4.78, 5) is 11.1. The summed E-state index contributed by atoms with van der Waals surface area (Å²) in [6, 6.07) is 0.477. The van der Waals surface area contributed by atoms with Gasteiger partial charge in [-0.2, -0.15) is 0 Å². The van der Waals surface area contributed by atoms with Crippen LogP contribution in [0.15, 0.2) is 0 Å². The molecule has 0 radical (unpaired) electrons. The number of piperidine rings is 1. The fourth-order valence-electron chi connectivity index (χ4n) is 1.52. The molecule has 0 atom stereocenters. The monoisotopic (exact) mass is 200 g/mol. The average Bonchev–Trinajstić information content (AvgIpc) is 2.25. The Labute approximate surface area is 85.4 Å². The molecule has 1 aliphatic rings. The standard InChI is InChI=1S/C10H20N2O2/c1-2-7-14-10(13)8-12-9-3-5-11-6-4-9/h9,11-12H,2-8H2,1H3. The maximum atomic E-state index is 11.1. The first kappa shape index (κ1) is 11.5. The Morgan fingerprint density at radius 2 is 2.21 bits per heavy atom. The number of nitrogens with one attached hydrogen (secondary N) is 2. The molecule has 14 heavy (non-hydrogen) atoms. The molecular formula is C10H20N2O2. The molecule has 0 bridgehead atoms. The molecule has 0 saturated carbocycles. The summed E-state index contributed by atoms with van der Waals surface area (Å²) in [5.74, 6) is -0.134. The van der Waals surface area contributed by atoms with Gasteiger partial charge in [0.2, 0.25) is 0 Å². The van der Waals surface area contributed by atoms with Gasteiger partial charge in [-0.3, -0.25) is 4.79 Å². The van der Waals surface area contributed by atoms with E-state index in [1.807, 2.05) is 6.92 Å². The van der Waals surface area contributed by atoms with E-state index in [2.05, 4.69) is 10.6 Å². The van der Waals surface area contributed by atoms with E-state index in [4.69, 9.17) is 4.74 Å². The van der Waals surface area contributed by atoms with Crippen LogP contribution in [0.4, 0.5) is 0 Å². The van der Waals surface area contributed by atoms with E-state index < -0.39 is 0 Å². The van der Waals surface area contributed by atoms with Crippen LogP contribution in [0.3, 0.4) is 0 Å². The van der Waals surface area contributed by atoms with E-state index in [0.717, 1.165) is 32.4 Å². The molecule has 4 heteroatoms. The van der Waals surface area contributed by atoms with Gasteiger partial charge in [0.05, 0.1) is 13.2 Å². The number of carbonyl (C=O) groups is 1. The van der Waals surface area contributed by atoms with Gasteiger partial charge in [0.15, 0.2) is 0 Å². The second kappa shape index (κ2) is 6.79. The summed E-state index contributed by atoms with van der Waals surface area (Å²) in [6.07, 6.45) is 3.08. The minimum absolute atomic E-state index is 0.134. The summed E-state index contributed by atoms with van der Waals surface area (Å²) in [5, 5.41) is 6.50. The van der Waals surface area contributed by atoms with Crippen molar-refractivity contribution in [3.63, 3.8) is 0 Å². The normalized spacial score (nSPS) is 18.1. The number of rotatable bonds is 5. The fraction of sp³-hybridized carbons (Fsp3) is 0.900. The number of ether oxygens (including phenoxy) is 1. The molecule has 82 valence electrons. The zero-order valence-electron chi connectivity index (χ0n) is 8.84. The molecule has 2 N–H and O–H groups in total. The van der Waals surface area contributed by atoms with Crippen LogP contribution in [-0.4, -0.2) is 38.3 Å². The molecule has 0 aromatic rings. The minimum Gasteiger partial charge on any atom is -0.465 e. The molecule has 0 spiro atoms. The zero-order chi connectivity index (χ0) is 10.2. The Hall–Kier alpha value is -0.610. The second-order valence-electron chi connectivity index (χ2n) is 3.63. The van der Waals surface area contributed by atoms with Crippen LogP contribution >= 0.6 is 0 Å². The number of hydrogen-bond donors (Lipinski definition) is 2. The van der Waals surface area contributed by atoms with E-state index in [0.29, 0.717) is 19.2 Å². The van der Waals surface area contributed by atoms with E-state index in [1.54, 1.807) is 0 Å². The van der Waals surface area contributed by atoms with Crippen molar-refractivity contribution in [3.8, 4) is 0 Å². The highest BCUT2D eigenvalue weighted by Crippen LogP contribution is 2.00. The molecule has 1 aliphatic heterocycles. The Morgan fingerprint density at radius 1 is 1.50 bits per heavy atom. The van der Waals surface area contributed by atoms with Gasteiger partial charge < -0.3 is 15.4 Å². The van der Waals surface area contributed by atoms with Gasteiger partial charge in [-0.25, -0.2) is 0 Å². The lowest BCUT2D eigenvalue weighted by Crippen LogP contribution is -2.42. The topological polar surface area (TPSA) is 50.4 Å². The highest BCUT2D eigenvalue weighted by Gasteiger charge is 2.13. The summed E-state index contributed by atoms with van der Waals surface area (Å²) in [6.45, 7) is 4.97. The first-order chi connectivity index (χ1) is 6.83. The predicted molar refractivity (Wildman–Crippen MR) is 55.1 cm³/mol. The highest BCUT2D eigenvalue weighted by molar-refractivity contribution is 5.71. The average molecular weight is 200 g/mol. The van der Waals surface area contributed by atoms with Crippen molar-refractivity contribution in [2.75, 3.05) is 26.2 Å². The van der Waals surface area contributed by atoms with E-state index in [-0.39, 0.29) is 5.97 Å². The van der Waals surface area contributed by atoms with Gasteiger partial charge in [-0.1, -0.05) is 6.92 Å². The van der Waals surface area contributed by atoms with Crippen molar-refractivity contribution < 1.29 is 9.53 Å². The molecule has 1 fully saturated rings. The number of esters is 1. The van der Waals surface area contributed by atoms with Crippen LogP contribution in [0.5, 0.6) is 0 Å². The molecule has 1 heterocycles. The SMILES string of the molecule is CCCOC(=O)CNC1CCNCC1. The van der Waals surface area contributed by atoms with Crippen molar-refractivity contribution in [2.45, 2.75) is 32.2 Å². The van der Waals surface area contributed by atoms with Crippen LogP contribution in [0, 0.1) is 0 Å². The van der Waals surface area contributed by atoms with Crippen LogP contribution in [-0.2, 0) is 9.53 Å². The largest absolute Gasteiger partial charge is 0.465 e. The summed E-state index contributed by atoms with van der Waals surface area (Å²) in [7, 11) is 0. The van der Waals surface area contributed by atoms with Crippen LogP contribution in [0.25, 0.3) is 0 Å². The Bertz CT molecular complexity index is 168. The lowest BCUT2D eigenvalue weighted by molar-refractivity contribution is -0.142. The van der Waals surface area contributed by atoms with Gasteiger partial charge in [0.1, 0.15) is 0 Å². The quantitative estimate of drug-likeness (QED) is 0.626. The molecule has 0 unspecified atom stereocenters. The van der Waals surface area contributed by atoms with E-state index in [1.165, 1.54) is 0 Å². The first-order valence-electron chi connectivity index (χ1n) is 5.42. The molecule has 0 aromatic heterocycles. The maximum absolute atomic E-state index is 11.1. The fourth-order valence-corrected chi connectivity index (χ4v) is 1.52. The summed E-state index contributed by atoms with van der Waals surface area (Å²) in [5.41, 5.74) is 0. The molecular weight excluding hydrogens is 180 g/mol. The number of carbonyl (C=O) groups excluding carboxylic acids is 1. The Balaban J connectivity index is 2.03. The van der Waals surface area contributed by atoms with Crippen LogP contribution < -0.4 is 10.6 Å². The van der Waals surface area contributed by atoms with Crippen molar-refractivity contribution in [2.24, 2.45) is 0 Å². The molecule has 1 rings (SSSR count). The molecule has 4 nitrogen and oxygen atoms in total. The van der Waals surface area contributed by atoms with Crippen LogP contribution in [0.1, 0.15) is 26.2 Å².